The maximum Gasteiger partial charge on any atom is 0.272 e. The fourth-order valence-corrected chi connectivity index (χ4v) is 5.00. The zero-order valence-corrected chi connectivity index (χ0v) is 19.1. The Bertz CT molecular complexity index is 1180. The number of nitrogens with zero attached hydrogens (tertiary/aromatic N) is 2. The summed E-state index contributed by atoms with van der Waals surface area (Å²) in [5.41, 5.74) is 4.12. The smallest absolute Gasteiger partial charge is 0.272 e. The van der Waals surface area contributed by atoms with E-state index in [1.807, 2.05) is 62.4 Å². The van der Waals surface area contributed by atoms with Crippen LogP contribution in [0.1, 0.15) is 35.9 Å². The molecule has 2 amide bonds. The van der Waals surface area contributed by atoms with E-state index in [9.17, 15) is 9.59 Å². The largest absolute Gasteiger partial charge is 0.379 e. The predicted molar refractivity (Wildman–Crippen MR) is 128 cm³/mol. The first-order valence-electron chi connectivity index (χ1n) is 11.7. The highest BCUT2D eigenvalue weighted by Crippen LogP contribution is 2.42. The number of hydrogen-bond acceptors (Lipinski definition) is 4. The Morgan fingerprint density at radius 1 is 1.12 bits per heavy atom. The fourth-order valence-electron chi connectivity index (χ4n) is 5.00. The van der Waals surface area contributed by atoms with E-state index in [2.05, 4.69) is 15.2 Å². The van der Waals surface area contributed by atoms with E-state index < -0.39 is 6.04 Å². The van der Waals surface area contributed by atoms with Crippen molar-refractivity contribution in [2.24, 2.45) is 0 Å². The Morgan fingerprint density at radius 3 is 2.64 bits per heavy atom. The molecule has 2 aliphatic rings. The molecule has 1 unspecified atom stereocenters. The lowest BCUT2D eigenvalue weighted by atomic mass is 9.93. The van der Waals surface area contributed by atoms with Crippen molar-refractivity contribution in [3.05, 3.63) is 59.8 Å². The number of para-hydroxylation sites is 1. The van der Waals surface area contributed by atoms with Gasteiger partial charge in [-0.3, -0.25) is 14.5 Å². The second-order valence-corrected chi connectivity index (χ2v) is 8.96. The van der Waals surface area contributed by atoms with E-state index in [0.717, 1.165) is 60.4 Å². The Hall–Kier alpha value is -3.16. The molecule has 3 heterocycles. The van der Waals surface area contributed by atoms with E-state index in [4.69, 9.17) is 4.74 Å². The number of aromatic nitrogens is 1. The number of fused-ring (bicyclic) bond motifs is 5. The predicted octanol–water partition coefficient (Wildman–Crippen LogP) is 3.19. The first kappa shape index (κ1) is 21.7. The fraction of sp³-hybridized carbons (Fsp3) is 0.385. The first-order valence-corrected chi connectivity index (χ1v) is 11.7. The molecule has 7 heteroatoms. The van der Waals surface area contributed by atoms with Crippen LogP contribution in [0.4, 0.5) is 0 Å². The SMILES string of the molecule is CC(C)N1C(=O)c2[nH]c3ccccc3c2-c2ccccc2C1C(=O)NCCN1CCOCC1. The van der Waals surface area contributed by atoms with Gasteiger partial charge in [0.25, 0.3) is 5.91 Å². The first-order chi connectivity index (χ1) is 16.1. The van der Waals surface area contributed by atoms with Gasteiger partial charge < -0.3 is 19.9 Å². The Labute approximate surface area is 193 Å². The molecule has 2 N–H and O–H groups in total. The number of ether oxygens (including phenoxy) is 1. The monoisotopic (exact) mass is 446 g/mol. The lowest BCUT2D eigenvalue weighted by molar-refractivity contribution is -0.126. The number of rotatable bonds is 5. The van der Waals surface area contributed by atoms with Gasteiger partial charge in [-0.2, -0.15) is 0 Å². The van der Waals surface area contributed by atoms with Crippen molar-refractivity contribution in [2.75, 3.05) is 39.4 Å². The van der Waals surface area contributed by atoms with E-state index in [1.54, 1.807) is 4.90 Å². The van der Waals surface area contributed by atoms with Gasteiger partial charge in [0.05, 0.1) is 13.2 Å². The lowest BCUT2D eigenvalue weighted by Gasteiger charge is -2.34. The van der Waals surface area contributed by atoms with Crippen LogP contribution in [0.2, 0.25) is 0 Å². The Kier molecular flexibility index (Phi) is 5.91. The summed E-state index contributed by atoms with van der Waals surface area (Å²) >= 11 is 0. The van der Waals surface area contributed by atoms with Gasteiger partial charge in [-0.15, -0.1) is 0 Å². The highest BCUT2D eigenvalue weighted by atomic mass is 16.5. The number of amides is 2. The molecule has 0 radical (unpaired) electrons. The maximum atomic E-state index is 13.8. The third kappa shape index (κ3) is 3.92. The summed E-state index contributed by atoms with van der Waals surface area (Å²) in [6.07, 6.45) is 0. The lowest BCUT2D eigenvalue weighted by Crippen LogP contribution is -2.48. The van der Waals surface area contributed by atoms with Crippen LogP contribution in [0.5, 0.6) is 0 Å². The summed E-state index contributed by atoms with van der Waals surface area (Å²) in [6, 6.07) is 15.0. The highest BCUT2D eigenvalue weighted by molar-refractivity contribution is 6.13. The molecule has 1 fully saturated rings. The molecule has 2 aromatic carbocycles. The van der Waals surface area contributed by atoms with Crippen LogP contribution in [0, 0.1) is 0 Å². The van der Waals surface area contributed by atoms with Gasteiger partial charge >= 0.3 is 0 Å². The summed E-state index contributed by atoms with van der Waals surface area (Å²) in [5, 5.41) is 4.10. The number of nitrogens with one attached hydrogen (secondary N) is 2. The van der Waals surface area contributed by atoms with Gasteiger partial charge in [-0.05, 0) is 31.0 Å². The number of aromatic amines is 1. The Morgan fingerprint density at radius 2 is 1.85 bits per heavy atom. The second-order valence-electron chi connectivity index (χ2n) is 8.96. The molecule has 1 aromatic heterocycles. The maximum absolute atomic E-state index is 13.8. The second kappa shape index (κ2) is 9.00. The van der Waals surface area contributed by atoms with Crippen molar-refractivity contribution >= 4 is 22.7 Å². The normalized spacial score (nSPS) is 18.8. The van der Waals surface area contributed by atoms with Crippen molar-refractivity contribution in [1.29, 1.82) is 0 Å². The van der Waals surface area contributed by atoms with Crippen LogP contribution in [-0.2, 0) is 9.53 Å². The zero-order valence-electron chi connectivity index (χ0n) is 19.1. The molecule has 0 saturated carbocycles. The zero-order chi connectivity index (χ0) is 22.9. The molecule has 2 aliphatic heterocycles. The summed E-state index contributed by atoms with van der Waals surface area (Å²) < 4.78 is 5.40. The average Bonchev–Trinajstić information content (AvgIpc) is 3.17. The van der Waals surface area contributed by atoms with Gasteiger partial charge in [0.2, 0.25) is 5.91 Å². The number of benzene rings is 2. The van der Waals surface area contributed by atoms with E-state index in [0.29, 0.717) is 12.2 Å². The third-order valence-electron chi connectivity index (χ3n) is 6.59. The Balaban J connectivity index is 1.53. The summed E-state index contributed by atoms with van der Waals surface area (Å²) in [5.74, 6) is -0.298. The van der Waals surface area contributed by atoms with Gasteiger partial charge in [-0.1, -0.05) is 42.5 Å². The van der Waals surface area contributed by atoms with Gasteiger partial charge in [0.1, 0.15) is 11.7 Å². The standard InChI is InChI=1S/C26H30N4O3/c1-17(2)30-24(25(31)27-11-12-29-13-15-33-16-14-29)19-8-4-3-7-18(19)22-20-9-5-6-10-21(20)28-23(22)26(30)32/h3-10,17,24,28H,11-16H2,1-2H3,(H,27,31). The molecule has 1 atom stereocenters. The van der Waals surface area contributed by atoms with Gasteiger partial charge in [-0.25, -0.2) is 0 Å². The van der Waals surface area contributed by atoms with Crippen LogP contribution in [0.25, 0.3) is 22.0 Å². The van der Waals surface area contributed by atoms with Crippen LogP contribution in [0.15, 0.2) is 48.5 Å². The third-order valence-corrected chi connectivity index (χ3v) is 6.59. The van der Waals surface area contributed by atoms with Crippen LogP contribution < -0.4 is 5.32 Å². The summed E-state index contributed by atoms with van der Waals surface area (Å²) in [6.45, 7) is 8.43. The number of H-pyrrole nitrogens is 1. The molecule has 0 spiro atoms. The minimum Gasteiger partial charge on any atom is -0.379 e. The van der Waals surface area contributed by atoms with Gasteiger partial charge in [0.15, 0.2) is 0 Å². The quantitative estimate of drug-likeness (QED) is 0.631. The topological polar surface area (TPSA) is 77.7 Å². The van der Waals surface area contributed by atoms with Crippen molar-refractivity contribution in [2.45, 2.75) is 25.9 Å². The minimum absolute atomic E-state index is 0.146. The molecule has 1 saturated heterocycles. The van der Waals surface area contributed by atoms with Crippen molar-refractivity contribution in [3.63, 3.8) is 0 Å². The molecule has 7 nitrogen and oxygen atoms in total. The van der Waals surface area contributed by atoms with Crippen LogP contribution >= 0.6 is 0 Å². The molecule has 0 aliphatic carbocycles. The molecule has 172 valence electrons. The molecule has 0 bridgehead atoms. The van der Waals surface area contributed by atoms with E-state index in [-0.39, 0.29) is 17.9 Å². The summed E-state index contributed by atoms with van der Waals surface area (Å²) in [4.78, 5) is 34.8. The van der Waals surface area contributed by atoms with Crippen molar-refractivity contribution in [3.8, 4) is 11.1 Å². The number of carbonyl (C=O) groups excluding carboxylic acids is 2. The number of morpholine rings is 1. The molecule has 5 rings (SSSR count). The van der Waals surface area contributed by atoms with E-state index in [1.165, 1.54) is 0 Å². The van der Waals surface area contributed by atoms with E-state index >= 15 is 0 Å². The van der Waals surface area contributed by atoms with Crippen molar-refractivity contribution in [1.82, 2.24) is 20.1 Å². The van der Waals surface area contributed by atoms with Crippen molar-refractivity contribution < 1.29 is 14.3 Å². The number of hydrogen-bond donors (Lipinski definition) is 2. The minimum atomic E-state index is -0.696. The molecule has 3 aromatic rings. The van der Waals surface area contributed by atoms with Gasteiger partial charge in [0, 0.05) is 48.7 Å². The van der Waals surface area contributed by atoms with Crippen LogP contribution in [-0.4, -0.2) is 72.0 Å². The number of carbonyl (C=O) groups is 2. The molecule has 33 heavy (non-hydrogen) atoms. The summed E-state index contributed by atoms with van der Waals surface area (Å²) in [7, 11) is 0. The molecular weight excluding hydrogens is 416 g/mol. The molecular formula is C26H30N4O3. The average molecular weight is 447 g/mol. The van der Waals surface area contributed by atoms with Crippen LogP contribution in [0.3, 0.4) is 0 Å². The highest BCUT2D eigenvalue weighted by Gasteiger charge is 2.40.